The lowest BCUT2D eigenvalue weighted by molar-refractivity contribution is 0.120. The van der Waals surface area contributed by atoms with E-state index in [0.29, 0.717) is 35.4 Å². The lowest BCUT2D eigenvalue weighted by atomic mass is 9.80. The fourth-order valence-corrected chi connectivity index (χ4v) is 6.85. The first-order valence-electron chi connectivity index (χ1n) is 15.0. The van der Waals surface area contributed by atoms with Gasteiger partial charge in [0, 0.05) is 25.2 Å². The molecule has 10 heteroatoms. The van der Waals surface area contributed by atoms with Crippen LogP contribution in [0, 0.1) is 17.8 Å². The van der Waals surface area contributed by atoms with Crippen molar-refractivity contribution in [1.82, 2.24) is 30.3 Å². The summed E-state index contributed by atoms with van der Waals surface area (Å²) in [7, 11) is 0. The number of carbonyl (C=O) groups excluding carboxylic acids is 1. The van der Waals surface area contributed by atoms with Gasteiger partial charge in [0.2, 0.25) is 5.95 Å². The van der Waals surface area contributed by atoms with Crippen LogP contribution in [0.2, 0.25) is 0 Å². The van der Waals surface area contributed by atoms with Crippen molar-refractivity contribution in [3.63, 3.8) is 0 Å². The number of fused-ring (bicyclic) bond motifs is 1. The molecule has 0 spiro atoms. The SMILES string of the molecule is CCCC1CCCN1c1nc2nc(C3NOC(=O)N3)nc(N[C@H](C)C3CCC3)c2n1CC1CCC(C)CC1. The van der Waals surface area contributed by atoms with E-state index in [9.17, 15) is 4.79 Å². The molecule has 2 aromatic heterocycles. The van der Waals surface area contributed by atoms with Crippen molar-refractivity contribution >= 4 is 29.0 Å². The fraction of sp³-hybridized carbons (Fsp3) is 0.786. The lowest BCUT2D eigenvalue weighted by Crippen LogP contribution is -2.33. The minimum atomic E-state index is -0.598. The lowest BCUT2D eigenvalue weighted by Gasteiger charge is -2.33. The van der Waals surface area contributed by atoms with Crippen molar-refractivity contribution in [2.45, 2.75) is 116 Å². The van der Waals surface area contributed by atoms with Gasteiger partial charge in [0.15, 0.2) is 23.5 Å². The summed E-state index contributed by atoms with van der Waals surface area (Å²) in [5.74, 6) is 4.44. The molecule has 0 bridgehead atoms. The summed E-state index contributed by atoms with van der Waals surface area (Å²) in [5, 5.41) is 6.54. The first kappa shape index (κ1) is 25.6. The zero-order valence-corrected chi connectivity index (χ0v) is 23.2. The highest BCUT2D eigenvalue weighted by molar-refractivity contribution is 5.86. The van der Waals surface area contributed by atoms with Crippen LogP contribution in [0.4, 0.5) is 16.6 Å². The largest absolute Gasteiger partial charge is 0.427 e. The number of anilines is 2. The van der Waals surface area contributed by atoms with Crippen LogP contribution in [0.1, 0.15) is 103 Å². The molecular weight excluding hydrogens is 480 g/mol. The van der Waals surface area contributed by atoms with Gasteiger partial charge in [-0.3, -0.25) is 5.32 Å². The first-order valence-corrected chi connectivity index (χ1v) is 15.0. The molecule has 4 heterocycles. The van der Waals surface area contributed by atoms with Crippen molar-refractivity contribution in [3.8, 4) is 0 Å². The van der Waals surface area contributed by atoms with E-state index in [1.807, 2.05) is 0 Å². The molecule has 1 amide bonds. The Bertz CT molecular complexity index is 1140. The number of amides is 1. The molecule has 2 aliphatic heterocycles. The van der Waals surface area contributed by atoms with Gasteiger partial charge in [-0.2, -0.15) is 4.98 Å². The quantitative estimate of drug-likeness (QED) is 0.407. The van der Waals surface area contributed by atoms with Gasteiger partial charge in [-0.25, -0.2) is 14.8 Å². The average Bonchev–Trinajstić information content (AvgIpc) is 3.58. The molecule has 2 aliphatic carbocycles. The number of imidazole rings is 1. The second-order valence-electron chi connectivity index (χ2n) is 12.2. The summed E-state index contributed by atoms with van der Waals surface area (Å²) < 4.78 is 2.45. The Hall–Kier alpha value is -2.62. The molecular formula is C28H44N8O2. The van der Waals surface area contributed by atoms with Gasteiger partial charge in [-0.1, -0.05) is 39.5 Å². The van der Waals surface area contributed by atoms with Crippen LogP contribution < -0.4 is 21.0 Å². The Kier molecular flexibility index (Phi) is 7.33. The average molecular weight is 525 g/mol. The van der Waals surface area contributed by atoms with Crippen molar-refractivity contribution in [2.75, 3.05) is 16.8 Å². The van der Waals surface area contributed by atoms with Crippen LogP contribution in [0.15, 0.2) is 0 Å². The van der Waals surface area contributed by atoms with Gasteiger partial charge < -0.3 is 19.6 Å². The third kappa shape index (κ3) is 5.03. The monoisotopic (exact) mass is 524 g/mol. The molecule has 3 atom stereocenters. The van der Waals surface area contributed by atoms with Gasteiger partial charge in [0.05, 0.1) is 0 Å². The van der Waals surface area contributed by atoms with Crippen LogP contribution >= 0.6 is 0 Å². The molecule has 0 radical (unpaired) electrons. The van der Waals surface area contributed by atoms with Crippen LogP contribution in [0.25, 0.3) is 11.2 Å². The Labute approximate surface area is 225 Å². The third-order valence-electron chi connectivity index (χ3n) is 9.44. The van der Waals surface area contributed by atoms with Crippen molar-refractivity contribution in [2.24, 2.45) is 17.8 Å². The van der Waals surface area contributed by atoms with E-state index in [0.717, 1.165) is 36.3 Å². The predicted octanol–water partition coefficient (Wildman–Crippen LogP) is 5.27. The molecule has 2 aromatic rings. The van der Waals surface area contributed by atoms with Gasteiger partial charge in [0.1, 0.15) is 5.52 Å². The summed E-state index contributed by atoms with van der Waals surface area (Å²) in [4.78, 5) is 34.4. The normalized spacial score (nSPS) is 28.8. The van der Waals surface area contributed by atoms with E-state index in [2.05, 4.69) is 46.4 Å². The summed E-state index contributed by atoms with van der Waals surface area (Å²) in [6, 6.07) is 0.822. The molecule has 0 aromatic carbocycles. The number of nitrogens with zero attached hydrogens (tertiary/aromatic N) is 5. The summed E-state index contributed by atoms with van der Waals surface area (Å²) in [6.45, 7) is 8.90. The maximum absolute atomic E-state index is 11.8. The van der Waals surface area contributed by atoms with Gasteiger partial charge in [-0.15, -0.1) is 5.48 Å². The number of carbonyl (C=O) groups is 1. The van der Waals surface area contributed by atoms with Gasteiger partial charge in [-0.05, 0) is 69.6 Å². The molecule has 3 N–H and O–H groups in total. The minimum absolute atomic E-state index is 0.305. The van der Waals surface area contributed by atoms with Crippen molar-refractivity contribution in [3.05, 3.63) is 5.82 Å². The number of hydrogen-bond acceptors (Lipinski definition) is 8. The van der Waals surface area contributed by atoms with E-state index in [1.165, 1.54) is 70.6 Å². The molecule has 208 valence electrons. The molecule has 2 saturated carbocycles. The molecule has 10 nitrogen and oxygen atoms in total. The second kappa shape index (κ2) is 10.9. The third-order valence-corrected chi connectivity index (χ3v) is 9.44. The van der Waals surface area contributed by atoms with Crippen LogP contribution in [-0.4, -0.2) is 44.2 Å². The number of nitrogens with one attached hydrogen (secondary N) is 3. The van der Waals surface area contributed by atoms with Crippen molar-refractivity contribution in [1.29, 1.82) is 0 Å². The molecule has 38 heavy (non-hydrogen) atoms. The minimum Gasteiger partial charge on any atom is -0.365 e. The number of hydrogen-bond donors (Lipinski definition) is 3. The van der Waals surface area contributed by atoms with Gasteiger partial charge in [0.25, 0.3) is 0 Å². The maximum Gasteiger partial charge on any atom is 0.427 e. The number of hydroxylamine groups is 1. The Morgan fingerprint density at radius 1 is 1.08 bits per heavy atom. The van der Waals surface area contributed by atoms with Crippen LogP contribution in [-0.2, 0) is 11.4 Å². The summed E-state index contributed by atoms with van der Waals surface area (Å²) in [6.07, 6.45) is 12.6. The zero-order valence-electron chi connectivity index (χ0n) is 23.2. The standard InChI is InChI=1S/C28H44N8O2/c1-4-7-21-10-6-15-35(21)27-32-24-22(36(27)16-19-13-11-17(2)12-14-19)23(29-18(3)20-8-5-9-20)30-25(31-24)26-33-28(37)38-34-26/h17-21,26,34H,4-16H2,1-3H3,(H,33,37)(H,29,30,31)/t17?,18-,19?,21?,26?/m1/s1. The highest BCUT2D eigenvalue weighted by atomic mass is 16.7. The smallest absolute Gasteiger partial charge is 0.365 e. The Balaban J connectivity index is 1.44. The van der Waals surface area contributed by atoms with Crippen LogP contribution in [0.3, 0.4) is 0 Å². The van der Waals surface area contributed by atoms with Crippen molar-refractivity contribution < 1.29 is 9.63 Å². The Morgan fingerprint density at radius 3 is 2.58 bits per heavy atom. The fourth-order valence-electron chi connectivity index (χ4n) is 6.85. The first-order chi connectivity index (χ1) is 18.5. The molecule has 2 unspecified atom stereocenters. The zero-order chi connectivity index (χ0) is 26.2. The van der Waals surface area contributed by atoms with E-state index < -0.39 is 12.3 Å². The Morgan fingerprint density at radius 2 is 1.89 bits per heavy atom. The topological polar surface area (TPSA) is 109 Å². The molecule has 4 fully saturated rings. The van der Waals surface area contributed by atoms with E-state index in [4.69, 9.17) is 19.8 Å². The summed E-state index contributed by atoms with van der Waals surface area (Å²) in [5.41, 5.74) is 4.42. The van der Waals surface area contributed by atoms with E-state index >= 15 is 0 Å². The van der Waals surface area contributed by atoms with Crippen LogP contribution in [0.5, 0.6) is 0 Å². The molecule has 2 saturated heterocycles. The summed E-state index contributed by atoms with van der Waals surface area (Å²) >= 11 is 0. The second-order valence-corrected chi connectivity index (χ2v) is 12.2. The number of rotatable bonds is 9. The van der Waals surface area contributed by atoms with Gasteiger partial charge >= 0.3 is 6.09 Å². The highest BCUT2D eigenvalue weighted by Gasteiger charge is 2.34. The number of aromatic nitrogens is 4. The van der Waals surface area contributed by atoms with E-state index in [1.54, 1.807) is 0 Å². The maximum atomic E-state index is 11.8. The highest BCUT2D eigenvalue weighted by Crippen LogP contribution is 2.38. The van der Waals surface area contributed by atoms with E-state index in [-0.39, 0.29) is 0 Å². The molecule has 6 rings (SSSR count). The molecule has 4 aliphatic rings. The predicted molar refractivity (Wildman–Crippen MR) is 148 cm³/mol.